The molecule has 5 nitrogen and oxygen atoms in total. The van der Waals surface area contributed by atoms with E-state index in [9.17, 15) is 0 Å². The van der Waals surface area contributed by atoms with Crippen LogP contribution in [-0.4, -0.2) is 19.5 Å². The summed E-state index contributed by atoms with van der Waals surface area (Å²) in [5.74, 6) is 1.78. The minimum atomic E-state index is 0.566. The Hall–Kier alpha value is -6.38. The third-order valence-corrected chi connectivity index (χ3v) is 8.11. The summed E-state index contributed by atoms with van der Waals surface area (Å²) in [6.07, 6.45) is 0. The molecular weight excluding hydrogens is 550 g/mol. The smallest absolute Gasteiger partial charge is 0.238 e. The number of aromatic nitrogens is 4. The molecule has 8 rings (SSSR count). The maximum atomic E-state index is 7.23. The van der Waals surface area contributed by atoms with Crippen LogP contribution in [0.2, 0.25) is 0 Å². The average Bonchev–Trinajstić information content (AvgIpc) is 3.46. The van der Waals surface area contributed by atoms with Gasteiger partial charge in [0.2, 0.25) is 5.95 Å². The molecule has 0 saturated heterocycles. The number of rotatable bonds is 5. The lowest BCUT2D eigenvalue weighted by Gasteiger charge is -2.11. The summed E-state index contributed by atoms with van der Waals surface area (Å²) in [5.41, 5.74) is 8.96. The van der Waals surface area contributed by atoms with Crippen LogP contribution in [0.25, 0.3) is 77.6 Å². The lowest BCUT2D eigenvalue weighted by Crippen LogP contribution is -2.06. The summed E-state index contributed by atoms with van der Waals surface area (Å²) >= 11 is 0. The summed E-state index contributed by atoms with van der Waals surface area (Å²) < 4.78 is 2.14. The summed E-state index contributed by atoms with van der Waals surface area (Å²) in [6, 6.07) is 51.3. The lowest BCUT2D eigenvalue weighted by molar-refractivity contribution is 0.953. The van der Waals surface area contributed by atoms with Crippen molar-refractivity contribution in [1.82, 2.24) is 19.5 Å². The van der Waals surface area contributed by atoms with E-state index in [-0.39, 0.29) is 0 Å². The number of nitrogens with zero attached hydrogens (tertiary/aromatic N) is 5. The van der Waals surface area contributed by atoms with Crippen LogP contribution in [0.1, 0.15) is 0 Å². The van der Waals surface area contributed by atoms with E-state index in [0.717, 1.165) is 49.6 Å². The Kier molecular flexibility index (Phi) is 6.44. The molecule has 0 bridgehead atoms. The quantitative estimate of drug-likeness (QED) is 0.192. The van der Waals surface area contributed by atoms with Gasteiger partial charge in [-0.25, -0.2) is 9.83 Å². The molecule has 2 heterocycles. The fourth-order valence-electron chi connectivity index (χ4n) is 5.85. The van der Waals surface area contributed by atoms with E-state index < -0.39 is 0 Å². The molecule has 5 heteroatoms. The molecule has 0 fully saturated rings. The van der Waals surface area contributed by atoms with Crippen LogP contribution in [0.15, 0.2) is 152 Å². The molecule has 0 aliphatic carbocycles. The Balaban J connectivity index is 1.30. The van der Waals surface area contributed by atoms with E-state index in [1.54, 1.807) is 0 Å². The Bertz CT molecular complexity index is 2350. The fourth-order valence-corrected chi connectivity index (χ4v) is 5.85. The molecule has 2 aromatic heterocycles. The number of hydrogen-bond acceptors (Lipinski definition) is 3. The summed E-state index contributed by atoms with van der Waals surface area (Å²) in [5, 5.41) is 2.28. The Morgan fingerprint density at radius 2 is 0.911 bits per heavy atom. The predicted octanol–water partition coefficient (Wildman–Crippen LogP) is 10.2. The van der Waals surface area contributed by atoms with E-state index in [0.29, 0.717) is 23.3 Å². The third-order valence-electron chi connectivity index (χ3n) is 8.11. The zero-order valence-electron chi connectivity index (χ0n) is 24.2. The molecule has 0 spiro atoms. The van der Waals surface area contributed by atoms with E-state index in [2.05, 4.69) is 88.3 Å². The highest BCUT2D eigenvalue weighted by Crippen LogP contribution is 2.35. The number of benzene rings is 6. The second-order valence-electron chi connectivity index (χ2n) is 10.8. The molecule has 210 valence electrons. The average molecular weight is 576 g/mol. The van der Waals surface area contributed by atoms with Crippen LogP contribution in [0, 0.1) is 6.57 Å². The van der Waals surface area contributed by atoms with Crippen molar-refractivity contribution < 1.29 is 0 Å². The second-order valence-corrected chi connectivity index (χ2v) is 10.8. The van der Waals surface area contributed by atoms with Gasteiger partial charge >= 0.3 is 0 Å². The van der Waals surface area contributed by atoms with Gasteiger partial charge in [-0.2, -0.15) is 9.97 Å². The van der Waals surface area contributed by atoms with Crippen LogP contribution in [0.3, 0.4) is 0 Å². The van der Waals surface area contributed by atoms with Crippen molar-refractivity contribution in [3.63, 3.8) is 0 Å². The lowest BCUT2D eigenvalue weighted by atomic mass is 10.0. The van der Waals surface area contributed by atoms with Crippen LogP contribution in [0.5, 0.6) is 0 Å². The molecule has 0 atom stereocenters. The van der Waals surface area contributed by atoms with Crippen molar-refractivity contribution in [2.24, 2.45) is 0 Å². The molecule has 0 aliphatic heterocycles. The monoisotopic (exact) mass is 575 g/mol. The summed E-state index contributed by atoms with van der Waals surface area (Å²) in [4.78, 5) is 18.6. The molecule has 0 aliphatic rings. The van der Waals surface area contributed by atoms with E-state index in [1.165, 1.54) is 5.56 Å². The van der Waals surface area contributed by atoms with Gasteiger partial charge in [0.15, 0.2) is 17.3 Å². The van der Waals surface area contributed by atoms with Gasteiger partial charge in [-0.1, -0.05) is 133 Å². The van der Waals surface area contributed by atoms with Crippen molar-refractivity contribution >= 4 is 27.5 Å². The Morgan fingerprint density at radius 1 is 0.422 bits per heavy atom. The van der Waals surface area contributed by atoms with Gasteiger partial charge in [-0.15, -0.1) is 0 Å². The number of para-hydroxylation sites is 1. The Morgan fingerprint density at radius 3 is 1.58 bits per heavy atom. The SMILES string of the molecule is [C-]#[N+]c1ccc(-c2ccc(-c3nc(-c4ccccc4)nc(-n4c5ccccc5c5cc(-c6ccccc6)ccc54)n3)cc2)cc1. The van der Waals surface area contributed by atoms with Gasteiger partial charge in [0.25, 0.3) is 0 Å². The molecule has 45 heavy (non-hydrogen) atoms. The summed E-state index contributed by atoms with van der Waals surface area (Å²) in [7, 11) is 0. The first-order chi connectivity index (χ1) is 22.2. The molecule has 8 aromatic rings. The van der Waals surface area contributed by atoms with Gasteiger partial charge in [0.1, 0.15) is 0 Å². The highest BCUT2D eigenvalue weighted by molar-refractivity contribution is 6.10. The van der Waals surface area contributed by atoms with Crippen molar-refractivity contribution in [2.75, 3.05) is 0 Å². The normalized spacial score (nSPS) is 11.1. The highest BCUT2D eigenvalue weighted by atomic mass is 15.2. The molecule has 6 aromatic carbocycles. The largest absolute Gasteiger partial charge is 0.278 e. The minimum Gasteiger partial charge on any atom is -0.278 e. The number of fused-ring (bicyclic) bond motifs is 3. The fraction of sp³-hybridized carbons (Fsp3) is 0. The summed E-state index contributed by atoms with van der Waals surface area (Å²) in [6.45, 7) is 7.23. The maximum Gasteiger partial charge on any atom is 0.238 e. The third kappa shape index (κ3) is 4.81. The molecule has 0 N–H and O–H groups in total. The van der Waals surface area contributed by atoms with Crippen molar-refractivity contribution in [2.45, 2.75) is 0 Å². The standard InChI is InChI=1S/C40H25N5/c1-41-33-23-20-29(21-24-33)28-16-18-31(19-17-28)39-42-38(30-12-6-3-7-13-30)43-40(44-39)45-36-15-9-8-14-34(36)35-26-32(22-25-37(35)45)27-10-4-2-5-11-27/h2-26H. The molecule has 0 unspecified atom stereocenters. The zero-order chi connectivity index (χ0) is 30.2. The molecular formula is C40H25N5. The molecule has 0 amide bonds. The molecule has 0 saturated carbocycles. The van der Waals surface area contributed by atoms with Crippen LogP contribution >= 0.6 is 0 Å². The second kappa shape index (κ2) is 11.0. The van der Waals surface area contributed by atoms with Gasteiger partial charge in [0, 0.05) is 21.9 Å². The van der Waals surface area contributed by atoms with Crippen molar-refractivity contribution in [3.05, 3.63) is 163 Å². The maximum absolute atomic E-state index is 7.23. The first-order valence-corrected chi connectivity index (χ1v) is 14.7. The zero-order valence-corrected chi connectivity index (χ0v) is 24.2. The van der Waals surface area contributed by atoms with Gasteiger partial charge in [-0.05, 0) is 40.5 Å². The van der Waals surface area contributed by atoms with Crippen LogP contribution in [0.4, 0.5) is 5.69 Å². The highest BCUT2D eigenvalue weighted by Gasteiger charge is 2.18. The van der Waals surface area contributed by atoms with E-state index in [4.69, 9.17) is 21.5 Å². The molecule has 0 radical (unpaired) electrons. The first-order valence-electron chi connectivity index (χ1n) is 14.7. The van der Waals surface area contributed by atoms with E-state index >= 15 is 0 Å². The number of hydrogen-bond donors (Lipinski definition) is 0. The minimum absolute atomic E-state index is 0.566. The topological polar surface area (TPSA) is 48.0 Å². The van der Waals surface area contributed by atoms with Gasteiger partial charge < -0.3 is 0 Å². The van der Waals surface area contributed by atoms with E-state index in [1.807, 2.05) is 72.8 Å². The first kappa shape index (κ1) is 26.3. The van der Waals surface area contributed by atoms with Crippen molar-refractivity contribution in [1.29, 1.82) is 0 Å². The van der Waals surface area contributed by atoms with Crippen LogP contribution in [-0.2, 0) is 0 Å². The predicted molar refractivity (Wildman–Crippen MR) is 182 cm³/mol. The van der Waals surface area contributed by atoms with Gasteiger partial charge in [-0.3, -0.25) is 4.57 Å². The Labute approximate surface area is 260 Å². The van der Waals surface area contributed by atoms with Crippen molar-refractivity contribution in [3.8, 4) is 51.0 Å². The van der Waals surface area contributed by atoms with Crippen LogP contribution < -0.4 is 0 Å². The van der Waals surface area contributed by atoms with Gasteiger partial charge in [0.05, 0.1) is 17.6 Å².